The van der Waals surface area contributed by atoms with E-state index in [-0.39, 0.29) is 12.2 Å². The maximum atomic E-state index is 11.5. The first-order chi connectivity index (χ1) is 8.22. The van der Waals surface area contributed by atoms with Crippen molar-refractivity contribution in [1.82, 2.24) is 0 Å². The highest BCUT2D eigenvalue weighted by Gasteiger charge is 2.12. The van der Waals surface area contributed by atoms with Crippen LogP contribution >= 0.6 is 0 Å². The van der Waals surface area contributed by atoms with Gasteiger partial charge in [0.1, 0.15) is 6.07 Å². The molecule has 0 aromatic heterocycles. The molecule has 0 fully saturated rings. The highest BCUT2D eigenvalue weighted by atomic mass is 16.5. The van der Waals surface area contributed by atoms with E-state index < -0.39 is 5.97 Å². The zero-order valence-electron chi connectivity index (χ0n) is 9.56. The van der Waals surface area contributed by atoms with Crippen molar-refractivity contribution in [2.45, 2.75) is 19.8 Å². The molecule has 0 atom stereocenters. The molecule has 4 nitrogen and oxygen atoms in total. The number of carbonyl (C=O) groups excluding carboxylic acids is 1. The largest absolute Gasteiger partial charge is 0.462 e. The molecule has 0 aliphatic heterocycles. The highest BCUT2D eigenvalue weighted by molar-refractivity contribution is 5.92. The summed E-state index contributed by atoms with van der Waals surface area (Å²) in [5.41, 5.74) is 1.44. The summed E-state index contributed by atoms with van der Waals surface area (Å²) in [5.74, 6) is -0.490. The quantitative estimate of drug-likeness (QED) is 0.740. The Morgan fingerprint density at radius 3 is 2.76 bits per heavy atom. The topological polar surface area (TPSA) is 73.9 Å². The monoisotopic (exact) mass is 228 g/mol. The van der Waals surface area contributed by atoms with Crippen LogP contribution in [0.5, 0.6) is 0 Å². The van der Waals surface area contributed by atoms with Gasteiger partial charge in [0.05, 0.1) is 23.8 Å². The summed E-state index contributed by atoms with van der Waals surface area (Å²) in [4.78, 5) is 11.5. The average molecular weight is 228 g/mol. The molecule has 1 rings (SSSR count). The summed E-state index contributed by atoms with van der Waals surface area (Å²) >= 11 is 0. The van der Waals surface area contributed by atoms with Crippen LogP contribution < -0.4 is 0 Å². The molecule has 0 radical (unpaired) electrons. The van der Waals surface area contributed by atoms with Crippen molar-refractivity contribution < 1.29 is 9.53 Å². The van der Waals surface area contributed by atoms with Crippen LogP contribution in [0.1, 0.15) is 34.8 Å². The molecular formula is C13H12N2O2. The van der Waals surface area contributed by atoms with Crippen LogP contribution in [0.2, 0.25) is 0 Å². The number of carbonyl (C=O) groups is 1. The third kappa shape index (κ3) is 3.32. The fourth-order valence-corrected chi connectivity index (χ4v) is 1.43. The minimum atomic E-state index is -0.490. The molecule has 4 heteroatoms. The Bertz CT molecular complexity index is 495. The van der Waals surface area contributed by atoms with Crippen molar-refractivity contribution in [1.29, 1.82) is 10.5 Å². The van der Waals surface area contributed by atoms with Crippen LogP contribution in [0.15, 0.2) is 18.2 Å². The maximum Gasteiger partial charge on any atom is 0.339 e. The molecule has 0 heterocycles. The van der Waals surface area contributed by atoms with Gasteiger partial charge >= 0.3 is 5.97 Å². The van der Waals surface area contributed by atoms with Crippen LogP contribution in [0.4, 0.5) is 0 Å². The van der Waals surface area contributed by atoms with Gasteiger partial charge in [-0.15, -0.1) is 0 Å². The van der Waals surface area contributed by atoms with E-state index in [0.29, 0.717) is 18.4 Å². The van der Waals surface area contributed by atoms with E-state index in [2.05, 4.69) is 0 Å². The number of ether oxygens (including phenoxy) is 1. The lowest BCUT2D eigenvalue weighted by molar-refractivity contribution is 0.0526. The van der Waals surface area contributed by atoms with Crippen LogP contribution in [-0.4, -0.2) is 12.6 Å². The van der Waals surface area contributed by atoms with E-state index in [4.69, 9.17) is 15.3 Å². The summed E-state index contributed by atoms with van der Waals surface area (Å²) in [6.07, 6.45) is 0.970. The Balaban J connectivity index is 2.99. The van der Waals surface area contributed by atoms with Crippen molar-refractivity contribution in [2.75, 3.05) is 6.61 Å². The predicted molar refractivity (Wildman–Crippen MR) is 61.0 cm³/mol. The molecule has 0 amide bonds. The lowest BCUT2D eigenvalue weighted by Crippen LogP contribution is -2.07. The standard InChI is InChI=1S/C13H12N2O2/c1-2-17-13(16)12-6-5-10(4-3-7-14)8-11(12)9-15/h5-6,8H,2-4H2,1H3. The smallest absolute Gasteiger partial charge is 0.339 e. The number of hydrogen-bond acceptors (Lipinski definition) is 4. The lowest BCUT2D eigenvalue weighted by atomic mass is 10.0. The normalized spacial score (nSPS) is 9.12. The predicted octanol–water partition coefficient (Wildman–Crippen LogP) is 2.19. The van der Waals surface area contributed by atoms with E-state index in [1.807, 2.05) is 12.1 Å². The highest BCUT2D eigenvalue weighted by Crippen LogP contribution is 2.14. The molecule has 0 bridgehead atoms. The molecule has 1 aromatic rings. The molecule has 1 aromatic carbocycles. The van der Waals surface area contributed by atoms with Gasteiger partial charge < -0.3 is 4.74 Å². The number of rotatable bonds is 4. The number of nitrogens with zero attached hydrogens (tertiary/aromatic N) is 2. The molecule has 0 saturated carbocycles. The van der Waals surface area contributed by atoms with Gasteiger partial charge in [-0.05, 0) is 31.0 Å². The second-order valence-corrected chi connectivity index (χ2v) is 3.37. The number of nitriles is 2. The van der Waals surface area contributed by atoms with E-state index >= 15 is 0 Å². The molecular weight excluding hydrogens is 216 g/mol. The Morgan fingerprint density at radius 2 is 2.18 bits per heavy atom. The number of esters is 1. The minimum absolute atomic E-state index is 0.273. The summed E-state index contributed by atoms with van der Waals surface area (Å²) in [7, 11) is 0. The van der Waals surface area contributed by atoms with Gasteiger partial charge in [-0.1, -0.05) is 6.07 Å². The van der Waals surface area contributed by atoms with E-state index in [0.717, 1.165) is 5.56 Å². The Hall–Kier alpha value is -2.33. The zero-order chi connectivity index (χ0) is 12.7. The van der Waals surface area contributed by atoms with Gasteiger partial charge in [0, 0.05) is 6.42 Å². The molecule has 0 spiro atoms. The third-order valence-electron chi connectivity index (χ3n) is 2.23. The van der Waals surface area contributed by atoms with Gasteiger partial charge in [0.15, 0.2) is 0 Å². The van der Waals surface area contributed by atoms with Gasteiger partial charge in [0.25, 0.3) is 0 Å². The maximum absolute atomic E-state index is 11.5. The molecule has 17 heavy (non-hydrogen) atoms. The fourth-order valence-electron chi connectivity index (χ4n) is 1.43. The lowest BCUT2D eigenvalue weighted by Gasteiger charge is -2.05. The molecule has 0 N–H and O–H groups in total. The van der Waals surface area contributed by atoms with Crippen molar-refractivity contribution >= 4 is 5.97 Å². The van der Waals surface area contributed by atoms with Crippen molar-refractivity contribution in [3.63, 3.8) is 0 Å². The van der Waals surface area contributed by atoms with Crippen LogP contribution in [-0.2, 0) is 11.2 Å². The van der Waals surface area contributed by atoms with Crippen molar-refractivity contribution in [3.05, 3.63) is 34.9 Å². The second-order valence-electron chi connectivity index (χ2n) is 3.37. The number of hydrogen-bond donors (Lipinski definition) is 0. The molecule has 0 saturated heterocycles. The average Bonchev–Trinajstić information content (AvgIpc) is 2.36. The van der Waals surface area contributed by atoms with Gasteiger partial charge in [-0.25, -0.2) is 4.79 Å². The third-order valence-corrected chi connectivity index (χ3v) is 2.23. The minimum Gasteiger partial charge on any atom is -0.462 e. The molecule has 0 aliphatic carbocycles. The van der Waals surface area contributed by atoms with Gasteiger partial charge in [0.2, 0.25) is 0 Å². The zero-order valence-corrected chi connectivity index (χ0v) is 9.56. The first-order valence-corrected chi connectivity index (χ1v) is 5.30. The number of benzene rings is 1. The first kappa shape index (κ1) is 12.7. The molecule has 0 unspecified atom stereocenters. The SMILES string of the molecule is CCOC(=O)c1ccc(CCC#N)cc1C#N. The Labute approximate surface area is 100 Å². The summed E-state index contributed by atoms with van der Waals surface area (Å²) < 4.78 is 4.85. The molecule has 0 aliphatic rings. The van der Waals surface area contributed by atoms with Crippen molar-refractivity contribution in [2.24, 2.45) is 0 Å². The van der Waals surface area contributed by atoms with Crippen molar-refractivity contribution in [3.8, 4) is 12.1 Å². The van der Waals surface area contributed by atoms with Crippen LogP contribution in [0, 0.1) is 22.7 Å². The number of aryl methyl sites for hydroxylation is 1. The van der Waals surface area contributed by atoms with Gasteiger partial charge in [-0.2, -0.15) is 10.5 Å². The Kier molecular flexibility index (Phi) is 4.72. The summed E-state index contributed by atoms with van der Waals surface area (Å²) in [5, 5.41) is 17.4. The fraction of sp³-hybridized carbons (Fsp3) is 0.308. The molecule has 86 valence electrons. The van der Waals surface area contributed by atoms with Crippen LogP contribution in [0.3, 0.4) is 0 Å². The van der Waals surface area contributed by atoms with E-state index in [1.165, 1.54) is 0 Å². The summed E-state index contributed by atoms with van der Waals surface area (Å²) in [6, 6.07) is 8.95. The van der Waals surface area contributed by atoms with Crippen LogP contribution in [0.25, 0.3) is 0 Å². The van der Waals surface area contributed by atoms with E-state index in [1.54, 1.807) is 25.1 Å². The van der Waals surface area contributed by atoms with E-state index in [9.17, 15) is 4.79 Å². The summed E-state index contributed by atoms with van der Waals surface area (Å²) in [6.45, 7) is 1.99. The Morgan fingerprint density at radius 1 is 1.41 bits per heavy atom. The van der Waals surface area contributed by atoms with Gasteiger partial charge in [-0.3, -0.25) is 0 Å². The first-order valence-electron chi connectivity index (χ1n) is 5.30. The second kappa shape index (κ2) is 6.30.